The molecule has 0 radical (unpaired) electrons. The number of aromatic nitrogens is 2. The van der Waals surface area contributed by atoms with Crippen molar-refractivity contribution in [1.29, 1.82) is 0 Å². The minimum Gasteiger partial charge on any atom is -0.493 e. The largest absolute Gasteiger partial charge is 0.493 e. The maximum atomic E-state index is 13.5. The monoisotopic (exact) mass is 510 g/mol. The van der Waals surface area contributed by atoms with Gasteiger partial charge in [0.05, 0.1) is 31.7 Å². The number of rotatable bonds is 12. The zero-order valence-corrected chi connectivity index (χ0v) is 21.8. The standard InChI is InChI=1S/C27H34N4O6/c1-5-7-13-29-25(33)19-10-8-18(9-11-19)16-31-26(34)20-14-22(36-3)23(37-4)15-21(20)30(27(31)35)17-24(32)28-12-6-2/h8-11,14-15H,5-7,12-13,16-17H2,1-4H3,(H,28,32)(H,29,33). The van der Waals surface area contributed by atoms with Gasteiger partial charge in [0.25, 0.3) is 11.5 Å². The van der Waals surface area contributed by atoms with Gasteiger partial charge in [-0.25, -0.2) is 4.79 Å². The maximum Gasteiger partial charge on any atom is 0.332 e. The summed E-state index contributed by atoms with van der Waals surface area (Å²) in [5, 5.41) is 5.84. The SMILES string of the molecule is CCCCNC(=O)c1ccc(Cn2c(=O)c3cc(OC)c(OC)cc3n(CC(=O)NCCC)c2=O)cc1. The first kappa shape index (κ1) is 27.5. The topological polar surface area (TPSA) is 121 Å². The highest BCUT2D eigenvalue weighted by molar-refractivity contribution is 5.94. The number of hydrogen-bond donors (Lipinski definition) is 2. The van der Waals surface area contributed by atoms with Crippen molar-refractivity contribution >= 4 is 22.7 Å². The van der Waals surface area contributed by atoms with Crippen LogP contribution in [0.4, 0.5) is 0 Å². The van der Waals surface area contributed by atoms with E-state index in [0.29, 0.717) is 35.7 Å². The van der Waals surface area contributed by atoms with Crippen molar-refractivity contribution < 1.29 is 19.1 Å². The van der Waals surface area contributed by atoms with Gasteiger partial charge < -0.3 is 20.1 Å². The molecule has 198 valence electrons. The lowest BCUT2D eigenvalue weighted by molar-refractivity contribution is -0.121. The van der Waals surface area contributed by atoms with Crippen molar-refractivity contribution in [2.45, 2.75) is 46.2 Å². The smallest absolute Gasteiger partial charge is 0.332 e. The number of ether oxygens (including phenoxy) is 2. The van der Waals surface area contributed by atoms with Crippen LogP contribution >= 0.6 is 0 Å². The second-order valence-corrected chi connectivity index (χ2v) is 8.64. The molecule has 10 heteroatoms. The number of unbranched alkanes of at least 4 members (excludes halogenated alkanes) is 1. The Balaban J connectivity index is 2.05. The molecule has 10 nitrogen and oxygen atoms in total. The predicted octanol–water partition coefficient (Wildman–Crippen LogP) is 2.28. The van der Waals surface area contributed by atoms with Crippen molar-refractivity contribution in [3.05, 3.63) is 68.4 Å². The number of amides is 2. The van der Waals surface area contributed by atoms with Crippen LogP contribution in [-0.2, 0) is 17.9 Å². The Kier molecular flexibility index (Phi) is 9.48. The van der Waals surface area contributed by atoms with E-state index >= 15 is 0 Å². The molecular weight excluding hydrogens is 476 g/mol. The van der Waals surface area contributed by atoms with E-state index in [1.54, 1.807) is 24.3 Å². The molecule has 0 spiro atoms. The summed E-state index contributed by atoms with van der Waals surface area (Å²) >= 11 is 0. The van der Waals surface area contributed by atoms with Crippen molar-refractivity contribution in [3.8, 4) is 11.5 Å². The third kappa shape index (κ3) is 6.38. The first-order valence-corrected chi connectivity index (χ1v) is 12.4. The molecular formula is C27H34N4O6. The maximum absolute atomic E-state index is 13.5. The van der Waals surface area contributed by atoms with Crippen LogP contribution in [0.2, 0.25) is 0 Å². The van der Waals surface area contributed by atoms with Gasteiger partial charge >= 0.3 is 5.69 Å². The van der Waals surface area contributed by atoms with Crippen molar-refractivity contribution in [3.63, 3.8) is 0 Å². The zero-order valence-electron chi connectivity index (χ0n) is 21.8. The van der Waals surface area contributed by atoms with E-state index in [0.717, 1.165) is 23.8 Å². The molecule has 2 N–H and O–H groups in total. The van der Waals surface area contributed by atoms with E-state index in [-0.39, 0.29) is 35.8 Å². The molecule has 0 saturated carbocycles. The Morgan fingerprint density at radius 3 is 2.16 bits per heavy atom. The Morgan fingerprint density at radius 2 is 1.54 bits per heavy atom. The van der Waals surface area contributed by atoms with Gasteiger partial charge in [0, 0.05) is 24.7 Å². The van der Waals surface area contributed by atoms with Crippen molar-refractivity contribution in [1.82, 2.24) is 19.8 Å². The summed E-state index contributed by atoms with van der Waals surface area (Å²) < 4.78 is 13.1. The number of fused-ring (bicyclic) bond motifs is 1. The highest BCUT2D eigenvalue weighted by Crippen LogP contribution is 2.30. The van der Waals surface area contributed by atoms with Gasteiger partial charge in [-0.15, -0.1) is 0 Å². The predicted molar refractivity (Wildman–Crippen MR) is 142 cm³/mol. The molecule has 0 aliphatic rings. The second-order valence-electron chi connectivity index (χ2n) is 8.64. The zero-order chi connectivity index (χ0) is 26.9. The molecule has 0 atom stereocenters. The summed E-state index contributed by atoms with van der Waals surface area (Å²) in [5.74, 6) is 0.146. The fraction of sp³-hybridized carbons (Fsp3) is 0.407. The molecule has 0 aliphatic carbocycles. The number of benzene rings is 2. The second kappa shape index (κ2) is 12.8. The molecule has 0 bridgehead atoms. The summed E-state index contributed by atoms with van der Waals surface area (Å²) in [6, 6.07) is 9.77. The van der Waals surface area contributed by atoms with Gasteiger partial charge in [0.15, 0.2) is 11.5 Å². The fourth-order valence-electron chi connectivity index (χ4n) is 3.92. The van der Waals surface area contributed by atoms with Gasteiger partial charge in [-0.3, -0.25) is 23.5 Å². The van der Waals surface area contributed by atoms with E-state index in [2.05, 4.69) is 10.6 Å². The van der Waals surface area contributed by atoms with Crippen molar-refractivity contribution in [2.24, 2.45) is 0 Å². The first-order chi connectivity index (χ1) is 17.8. The quantitative estimate of drug-likeness (QED) is 0.361. The third-order valence-electron chi connectivity index (χ3n) is 5.98. The molecule has 0 aliphatic heterocycles. The summed E-state index contributed by atoms with van der Waals surface area (Å²) in [6.45, 7) is 4.76. The lowest BCUT2D eigenvalue weighted by atomic mass is 10.1. The van der Waals surface area contributed by atoms with Crippen LogP contribution in [0.3, 0.4) is 0 Å². The molecule has 37 heavy (non-hydrogen) atoms. The van der Waals surface area contributed by atoms with Crippen molar-refractivity contribution in [2.75, 3.05) is 27.3 Å². The van der Waals surface area contributed by atoms with Crippen LogP contribution in [0.25, 0.3) is 10.9 Å². The number of carbonyl (C=O) groups excluding carboxylic acids is 2. The normalized spacial score (nSPS) is 10.8. The van der Waals surface area contributed by atoms with Gasteiger partial charge in [0.1, 0.15) is 6.54 Å². The number of hydrogen-bond acceptors (Lipinski definition) is 6. The van der Waals surface area contributed by atoms with E-state index in [1.165, 1.54) is 30.9 Å². The van der Waals surface area contributed by atoms with Gasteiger partial charge in [0.2, 0.25) is 5.91 Å². The van der Waals surface area contributed by atoms with Crippen LogP contribution in [0, 0.1) is 0 Å². The number of nitrogens with zero attached hydrogens (tertiary/aromatic N) is 2. The third-order valence-corrected chi connectivity index (χ3v) is 5.98. The van der Waals surface area contributed by atoms with E-state index in [4.69, 9.17) is 9.47 Å². The summed E-state index contributed by atoms with van der Waals surface area (Å²) in [5.41, 5.74) is 0.277. The molecule has 0 fully saturated rings. The highest BCUT2D eigenvalue weighted by atomic mass is 16.5. The molecule has 3 rings (SSSR count). The summed E-state index contributed by atoms with van der Waals surface area (Å²) in [6.07, 6.45) is 2.63. The Morgan fingerprint density at radius 1 is 0.865 bits per heavy atom. The van der Waals surface area contributed by atoms with Crippen LogP contribution in [0.15, 0.2) is 46.0 Å². The molecule has 2 aromatic carbocycles. The molecule has 2 amide bonds. The van der Waals surface area contributed by atoms with Gasteiger partial charge in [-0.1, -0.05) is 32.4 Å². The van der Waals surface area contributed by atoms with E-state index in [9.17, 15) is 19.2 Å². The Hall–Kier alpha value is -4.08. The summed E-state index contributed by atoms with van der Waals surface area (Å²) in [4.78, 5) is 51.8. The van der Waals surface area contributed by atoms with Gasteiger partial charge in [-0.05, 0) is 36.6 Å². The molecule has 0 saturated heterocycles. The highest BCUT2D eigenvalue weighted by Gasteiger charge is 2.19. The lowest BCUT2D eigenvalue weighted by Gasteiger charge is -2.16. The van der Waals surface area contributed by atoms with Gasteiger partial charge in [-0.2, -0.15) is 0 Å². The van der Waals surface area contributed by atoms with Crippen LogP contribution in [-0.4, -0.2) is 48.3 Å². The summed E-state index contributed by atoms with van der Waals surface area (Å²) in [7, 11) is 2.91. The molecule has 3 aromatic rings. The first-order valence-electron chi connectivity index (χ1n) is 12.4. The van der Waals surface area contributed by atoms with E-state index in [1.807, 2.05) is 13.8 Å². The molecule has 1 heterocycles. The van der Waals surface area contributed by atoms with Crippen LogP contribution in [0.5, 0.6) is 11.5 Å². The Labute approximate surface area is 215 Å². The molecule has 0 unspecified atom stereocenters. The lowest BCUT2D eigenvalue weighted by Crippen LogP contribution is -2.43. The number of methoxy groups -OCH3 is 2. The molecule has 1 aromatic heterocycles. The number of nitrogens with one attached hydrogen (secondary N) is 2. The average molecular weight is 511 g/mol. The fourth-order valence-corrected chi connectivity index (χ4v) is 3.92. The number of carbonyl (C=O) groups is 2. The Bertz CT molecular complexity index is 1370. The van der Waals surface area contributed by atoms with E-state index < -0.39 is 11.2 Å². The minimum absolute atomic E-state index is 0.0315. The average Bonchev–Trinajstić information content (AvgIpc) is 2.91. The minimum atomic E-state index is -0.627. The van der Waals surface area contributed by atoms with Crippen LogP contribution < -0.4 is 31.4 Å². The van der Waals surface area contributed by atoms with Crippen LogP contribution in [0.1, 0.15) is 49.0 Å².